The Morgan fingerprint density at radius 3 is 2.42 bits per heavy atom. The van der Waals surface area contributed by atoms with Gasteiger partial charge in [-0.2, -0.15) is 5.10 Å². The normalized spacial score (nSPS) is 12.7. The van der Waals surface area contributed by atoms with Crippen LogP contribution in [0.2, 0.25) is 0 Å². The summed E-state index contributed by atoms with van der Waals surface area (Å²) in [4.78, 5) is 2.16. The van der Waals surface area contributed by atoms with Crippen LogP contribution in [0.15, 0.2) is 54.6 Å². The summed E-state index contributed by atoms with van der Waals surface area (Å²) in [5.41, 5.74) is 2.54. The van der Waals surface area contributed by atoms with Gasteiger partial charge >= 0.3 is 0 Å². The molecule has 1 N–H and O–H groups in total. The summed E-state index contributed by atoms with van der Waals surface area (Å²) >= 11 is 0. The van der Waals surface area contributed by atoms with E-state index in [0.29, 0.717) is 24.7 Å². The number of hydrogen-bond donors (Lipinski definition) is 1. The zero-order valence-electron chi connectivity index (χ0n) is 20.0. The van der Waals surface area contributed by atoms with Crippen LogP contribution in [-0.4, -0.2) is 51.2 Å². The molecule has 1 unspecified atom stereocenters. The van der Waals surface area contributed by atoms with E-state index >= 15 is 0 Å². The Bertz CT molecular complexity index is 1020. The lowest BCUT2D eigenvalue weighted by molar-refractivity contribution is -0.0137. The summed E-state index contributed by atoms with van der Waals surface area (Å²) in [6.45, 7) is 11.2. The van der Waals surface area contributed by atoms with E-state index in [4.69, 9.17) is 14.6 Å². The maximum atomic E-state index is 13.8. The third-order valence-corrected chi connectivity index (χ3v) is 5.31. The molecule has 0 radical (unpaired) electrons. The first-order valence-corrected chi connectivity index (χ1v) is 11.4. The number of aliphatic hydroxyl groups excluding tert-OH is 1. The van der Waals surface area contributed by atoms with Gasteiger partial charge in [0.2, 0.25) is 5.88 Å². The van der Waals surface area contributed by atoms with E-state index in [0.717, 1.165) is 16.9 Å². The second kappa shape index (κ2) is 11.4. The third-order valence-electron chi connectivity index (χ3n) is 5.31. The molecule has 0 aliphatic heterocycles. The zero-order chi connectivity index (χ0) is 24.0. The van der Waals surface area contributed by atoms with Crippen molar-refractivity contribution < 1.29 is 19.0 Å². The monoisotopic (exact) mass is 455 g/mol. The van der Waals surface area contributed by atoms with Gasteiger partial charge in [-0.15, -0.1) is 0 Å². The van der Waals surface area contributed by atoms with Crippen molar-refractivity contribution in [2.45, 2.75) is 59.4 Å². The van der Waals surface area contributed by atoms with Gasteiger partial charge in [0.05, 0.1) is 35.8 Å². The van der Waals surface area contributed by atoms with Gasteiger partial charge in [0.15, 0.2) is 0 Å². The summed E-state index contributed by atoms with van der Waals surface area (Å²) in [5, 5.41) is 15.3. The topological polar surface area (TPSA) is 59.8 Å². The van der Waals surface area contributed by atoms with Gasteiger partial charge in [-0.3, -0.25) is 4.90 Å². The van der Waals surface area contributed by atoms with Crippen LogP contribution in [0.5, 0.6) is 11.6 Å². The van der Waals surface area contributed by atoms with Crippen molar-refractivity contribution in [3.63, 3.8) is 0 Å². The molecule has 0 amide bonds. The van der Waals surface area contributed by atoms with Crippen LogP contribution in [-0.2, 0) is 11.3 Å². The fraction of sp³-hybridized carbons (Fsp3) is 0.423. The highest BCUT2D eigenvalue weighted by Crippen LogP contribution is 2.32. The minimum Gasteiger partial charge on any atom is -0.438 e. The predicted molar refractivity (Wildman–Crippen MR) is 127 cm³/mol. The van der Waals surface area contributed by atoms with Crippen molar-refractivity contribution in [2.24, 2.45) is 0 Å². The molecule has 33 heavy (non-hydrogen) atoms. The number of halogens is 1. The largest absolute Gasteiger partial charge is 0.438 e. The van der Waals surface area contributed by atoms with Crippen molar-refractivity contribution in [3.8, 4) is 17.3 Å². The lowest BCUT2D eigenvalue weighted by atomic mass is 10.2. The molecule has 0 saturated carbocycles. The molecule has 0 aliphatic rings. The fourth-order valence-electron chi connectivity index (χ4n) is 3.50. The Kier molecular flexibility index (Phi) is 8.61. The quantitative estimate of drug-likeness (QED) is 0.435. The molecule has 0 fully saturated rings. The van der Waals surface area contributed by atoms with Crippen LogP contribution in [0.3, 0.4) is 0 Å². The molecule has 7 heteroatoms. The Balaban J connectivity index is 1.94. The van der Waals surface area contributed by atoms with Gasteiger partial charge in [0.25, 0.3) is 0 Å². The van der Waals surface area contributed by atoms with E-state index in [-0.39, 0.29) is 24.6 Å². The van der Waals surface area contributed by atoms with E-state index in [1.807, 2.05) is 51.1 Å². The van der Waals surface area contributed by atoms with Crippen molar-refractivity contribution in [2.75, 3.05) is 13.2 Å². The summed E-state index contributed by atoms with van der Waals surface area (Å²) in [7, 11) is 0. The van der Waals surface area contributed by atoms with E-state index in [1.54, 1.807) is 16.8 Å². The number of aliphatic hydroxyl groups is 1. The van der Waals surface area contributed by atoms with E-state index in [2.05, 4.69) is 18.7 Å². The molecule has 1 atom stereocenters. The molecule has 6 nitrogen and oxygen atoms in total. The lowest BCUT2D eigenvalue weighted by Gasteiger charge is -2.29. The van der Waals surface area contributed by atoms with Gasteiger partial charge in [-0.1, -0.05) is 24.3 Å². The molecule has 178 valence electrons. The molecule has 0 saturated heterocycles. The third kappa shape index (κ3) is 6.87. The Morgan fingerprint density at radius 2 is 1.79 bits per heavy atom. The standard InChI is InChI=1S/C26H34FN3O3/c1-18(2)29(15-23(31)17-32-19(3)4)16-25-20(5)28-30(22-11-7-6-8-12-22)26(25)33-24-13-9-10-21(27)14-24/h6-14,18-19,23,31H,15-17H2,1-5H3. The molecule has 0 bridgehead atoms. The second-order valence-electron chi connectivity index (χ2n) is 8.74. The van der Waals surface area contributed by atoms with Crippen LogP contribution in [0, 0.1) is 12.7 Å². The van der Waals surface area contributed by atoms with Crippen LogP contribution >= 0.6 is 0 Å². The number of benzene rings is 2. The van der Waals surface area contributed by atoms with Gasteiger partial charge in [-0.05, 0) is 58.9 Å². The van der Waals surface area contributed by atoms with Crippen LogP contribution in [0.1, 0.15) is 39.0 Å². The summed E-state index contributed by atoms with van der Waals surface area (Å²) < 4.78 is 27.4. The molecular formula is C26H34FN3O3. The number of ether oxygens (including phenoxy) is 2. The molecule has 3 aromatic rings. The minimum absolute atomic E-state index is 0.0600. The fourth-order valence-corrected chi connectivity index (χ4v) is 3.50. The smallest absolute Gasteiger partial charge is 0.227 e. The first-order chi connectivity index (χ1) is 15.7. The molecule has 0 aliphatic carbocycles. The number of rotatable bonds is 11. The molecule has 1 heterocycles. The van der Waals surface area contributed by atoms with Gasteiger partial charge in [0, 0.05) is 25.2 Å². The maximum absolute atomic E-state index is 13.8. The Hall–Kier alpha value is -2.74. The van der Waals surface area contributed by atoms with E-state index < -0.39 is 6.10 Å². The SMILES string of the molecule is Cc1nn(-c2ccccc2)c(Oc2cccc(F)c2)c1CN(CC(O)COC(C)C)C(C)C. The van der Waals surface area contributed by atoms with Crippen LogP contribution in [0.25, 0.3) is 5.69 Å². The summed E-state index contributed by atoms with van der Waals surface area (Å²) in [6, 6.07) is 15.9. The lowest BCUT2D eigenvalue weighted by Crippen LogP contribution is -2.39. The van der Waals surface area contributed by atoms with Crippen LogP contribution < -0.4 is 4.74 Å². The van der Waals surface area contributed by atoms with Crippen molar-refractivity contribution >= 4 is 0 Å². The van der Waals surface area contributed by atoms with Crippen molar-refractivity contribution in [3.05, 3.63) is 71.7 Å². The van der Waals surface area contributed by atoms with Crippen LogP contribution in [0.4, 0.5) is 4.39 Å². The first kappa shape index (κ1) is 24.9. The van der Waals surface area contributed by atoms with Crippen molar-refractivity contribution in [1.82, 2.24) is 14.7 Å². The number of aromatic nitrogens is 2. The molecule has 0 spiro atoms. The predicted octanol–water partition coefficient (Wildman–Crippen LogP) is 5.11. The first-order valence-electron chi connectivity index (χ1n) is 11.4. The molecule has 2 aromatic carbocycles. The molecule has 1 aromatic heterocycles. The second-order valence-corrected chi connectivity index (χ2v) is 8.74. The number of aryl methyl sites for hydroxylation is 1. The summed E-state index contributed by atoms with van der Waals surface area (Å²) in [5.74, 6) is 0.561. The van der Waals surface area contributed by atoms with Crippen molar-refractivity contribution in [1.29, 1.82) is 0 Å². The average molecular weight is 456 g/mol. The highest BCUT2D eigenvalue weighted by molar-refractivity contribution is 5.43. The Morgan fingerprint density at radius 1 is 1.06 bits per heavy atom. The zero-order valence-corrected chi connectivity index (χ0v) is 20.0. The minimum atomic E-state index is -0.619. The molecule has 3 rings (SSSR count). The highest BCUT2D eigenvalue weighted by Gasteiger charge is 2.24. The van der Waals surface area contributed by atoms with E-state index in [1.165, 1.54) is 12.1 Å². The molecular weight excluding hydrogens is 421 g/mol. The van der Waals surface area contributed by atoms with Gasteiger partial charge < -0.3 is 14.6 Å². The highest BCUT2D eigenvalue weighted by atomic mass is 19.1. The maximum Gasteiger partial charge on any atom is 0.227 e. The number of para-hydroxylation sites is 1. The van der Waals surface area contributed by atoms with Gasteiger partial charge in [0.1, 0.15) is 11.6 Å². The average Bonchev–Trinajstić information content (AvgIpc) is 3.07. The Labute approximate surface area is 195 Å². The summed E-state index contributed by atoms with van der Waals surface area (Å²) in [6.07, 6.45) is -0.559. The number of nitrogens with zero attached hydrogens (tertiary/aromatic N) is 3. The van der Waals surface area contributed by atoms with E-state index in [9.17, 15) is 9.50 Å². The number of hydrogen-bond acceptors (Lipinski definition) is 5. The van der Waals surface area contributed by atoms with Gasteiger partial charge in [-0.25, -0.2) is 9.07 Å².